The van der Waals surface area contributed by atoms with Gasteiger partial charge in [-0.3, -0.25) is 9.59 Å². The van der Waals surface area contributed by atoms with Crippen LogP contribution in [0.15, 0.2) is 46.9 Å². The summed E-state index contributed by atoms with van der Waals surface area (Å²) < 4.78 is 12.3. The molecule has 0 bridgehead atoms. The molecule has 2 N–H and O–H groups in total. The van der Waals surface area contributed by atoms with Gasteiger partial charge in [0.2, 0.25) is 0 Å². The second-order valence-electron chi connectivity index (χ2n) is 7.56. The second-order valence-corrected chi connectivity index (χ2v) is 8.48. The highest BCUT2D eigenvalue weighted by molar-refractivity contribution is 9.10. The van der Waals surface area contributed by atoms with Crippen LogP contribution in [0.2, 0.25) is 0 Å². The first-order chi connectivity index (χ1) is 14.4. The van der Waals surface area contributed by atoms with Crippen LogP contribution in [-0.4, -0.2) is 37.7 Å². The van der Waals surface area contributed by atoms with E-state index < -0.39 is 0 Å². The van der Waals surface area contributed by atoms with E-state index in [1.54, 1.807) is 24.3 Å². The van der Waals surface area contributed by atoms with Crippen molar-refractivity contribution < 1.29 is 19.1 Å². The number of nitrogens with one attached hydrogen (secondary N) is 2. The molecule has 1 fully saturated rings. The summed E-state index contributed by atoms with van der Waals surface area (Å²) in [4.78, 5) is 25.1. The first-order valence-corrected chi connectivity index (χ1v) is 10.9. The predicted octanol–water partition coefficient (Wildman–Crippen LogP) is 4.50. The third kappa shape index (κ3) is 6.06. The van der Waals surface area contributed by atoms with Crippen molar-refractivity contribution in [1.82, 2.24) is 5.32 Å². The molecule has 1 atom stereocenters. The standard InChI is InChI=1S/C23H27BrN2O4/c1-15(2)19-12-16(24)9-10-21(19)30-14-22(27)26-20-8-4-3-7-18(20)23(28)25-13-17-6-5-11-29-17/h3-4,7-10,12,15,17H,5-6,11,13-14H2,1-2H3,(H,25,28)(H,26,27). The third-order valence-corrected chi connectivity index (χ3v) is 5.41. The third-order valence-electron chi connectivity index (χ3n) is 4.91. The van der Waals surface area contributed by atoms with Gasteiger partial charge in [0.15, 0.2) is 6.61 Å². The lowest BCUT2D eigenvalue weighted by Gasteiger charge is -2.16. The molecule has 2 aromatic rings. The number of hydrogen-bond acceptors (Lipinski definition) is 4. The molecule has 0 spiro atoms. The number of carbonyl (C=O) groups is 2. The van der Waals surface area contributed by atoms with Crippen molar-refractivity contribution >= 4 is 33.4 Å². The Balaban J connectivity index is 1.60. The average Bonchev–Trinajstić information content (AvgIpc) is 3.25. The van der Waals surface area contributed by atoms with Gasteiger partial charge in [-0.1, -0.05) is 41.9 Å². The molecule has 0 saturated carbocycles. The minimum atomic E-state index is -0.327. The van der Waals surface area contributed by atoms with Crippen molar-refractivity contribution in [2.45, 2.75) is 38.7 Å². The zero-order chi connectivity index (χ0) is 21.5. The summed E-state index contributed by atoms with van der Waals surface area (Å²) in [6.45, 7) is 5.20. The van der Waals surface area contributed by atoms with Crippen LogP contribution < -0.4 is 15.4 Å². The maximum Gasteiger partial charge on any atom is 0.262 e. The van der Waals surface area contributed by atoms with Gasteiger partial charge in [0.1, 0.15) is 5.75 Å². The second kappa shape index (κ2) is 10.6. The number of carbonyl (C=O) groups excluding carboxylic acids is 2. The Hall–Kier alpha value is -2.38. The van der Waals surface area contributed by atoms with Crippen LogP contribution >= 0.6 is 15.9 Å². The molecule has 0 radical (unpaired) electrons. The number of halogens is 1. The SMILES string of the molecule is CC(C)c1cc(Br)ccc1OCC(=O)Nc1ccccc1C(=O)NCC1CCCO1. The number of hydrogen-bond donors (Lipinski definition) is 2. The van der Waals surface area contributed by atoms with E-state index in [9.17, 15) is 9.59 Å². The summed E-state index contributed by atoms with van der Waals surface area (Å²) in [5, 5.41) is 5.67. The maximum atomic E-state index is 12.6. The lowest BCUT2D eigenvalue weighted by Crippen LogP contribution is -2.32. The van der Waals surface area contributed by atoms with E-state index in [-0.39, 0.29) is 30.4 Å². The first-order valence-electron chi connectivity index (χ1n) is 10.1. The van der Waals surface area contributed by atoms with Crippen LogP contribution in [0.5, 0.6) is 5.75 Å². The maximum absolute atomic E-state index is 12.6. The van der Waals surface area contributed by atoms with E-state index in [1.807, 2.05) is 18.2 Å². The molecule has 1 aliphatic rings. The van der Waals surface area contributed by atoms with Crippen molar-refractivity contribution in [2.75, 3.05) is 25.1 Å². The highest BCUT2D eigenvalue weighted by Crippen LogP contribution is 2.29. The minimum Gasteiger partial charge on any atom is -0.483 e. The zero-order valence-corrected chi connectivity index (χ0v) is 18.8. The van der Waals surface area contributed by atoms with Gasteiger partial charge in [-0.2, -0.15) is 0 Å². The summed E-state index contributed by atoms with van der Waals surface area (Å²) >= 11 is 3.46. The van der Waals surface area contributed by atoms with Crippen LogP contribution in [0.1, 0.15) is 48.5 Å². The number of ether oxygens (including phenoxy) is 2. The van der Waals surface area contributed by atoms with Crippen LogP contribution in [-0.2, 0) is 9.53 Å². The summed E-state index contributed by atoms with van der Waals surface area (Å²) in [5.74, 6) is 0.365. The highest BCUT2D eigenvalue weighted by atomic mass is 79.9. The summed E-state index contributed by atoms with van der Waals surface area (Å²) in [5.41, 5.74) is 1.89. The van der Waals surface area contributed by atoms with E-state index in [1.165, 1.54) is 0 Å². The number of amides is 2. The number of benzene rings is 2. The summed E-state index contributed by atoms with van der Waals surface area (Å²) in [6, 6.07) is 12.7. The molecule has 0 aromatic heterocycles. The molecular formula is C23H27BrN2O4. The van der Waals surface area contributed by atoms with Crippen LogP contribution in [0, 0.1) is 0 Å². The van der Waals surface area contributed by atoms with Crippen LogP contribution in [0.3, 0.4) is 0 Å². The van der Waals surface area contributed by atoms with Gasteiger partial charge < -0.3 is 20.1 Å². The zero-order valence-electron chi connectivity index (χ0n) is 17.2. The molecule has 1 aliphatic heterocycles. The first kappa shape index (κ1) is 22.3. The van der Waals surface area contributed by atoms with E-state index in [0.717, 1.165) is 29.5 Å². The van der Waals surface area contributed by atoms with Gasteiger partial charge in [0.25, 0.3) is 11.8 Å². The van der Waals surface area contributed by atoms with Gasteiger partial charge in [-0.15, -0.1) is 0 Å². The van der Waals surface area contributed by atoms with E-state index in [2.05, 4.69) is 40.4 Å². The van der Waals surface area contributed by atoms with Gasteiger partial charge in [0, 0.05) is 17.6 Å². The Morgan fingerprint density at radius 1 is 1.23 bits per heavy atom. The Morgan fingerprint density at radius 3 is 2.77 bits per heavy atom. The Labute approximate surface area is 185 Å². The fourth-order valence-corrected chi connectivity index (χ4v) is 3.71. The molecule has 2 amide bonds. The summed E-state index contributed by atoms with van der Waals surface area (Å²) in [7, 11) is 0. The molecule has 3 rings (SSSR count). The van der Waals surface area contributed by atoms with Crippen LogP contribution in [0.4, 0.5) is 5.69 Å². The number of rotatable bonds is 8. The lowest BCUT2D eigenvalue weighted by atomic mass is 10.0. The van der Waals surface area contributed by atoms with Crippen LogP contribution in [0.25, 0.3) is 0 Å². The van der Waals surface area contributed by atoms with E-state index >= 15 is 0 Å². The quantitative estimate of drug-likeness (QED) is 0.590. The monoisotopic (exact) mass is 474 g/mol. The molecule has 2 aromatic carbocycles. The topological polar surface area (TPSA) is 76.7 Å². The van der Waals surface area contributed by atoms with E-state index in [4.69, 9.17) is 9.47 Å². The normalized spacial score (nSPS) is 15.8. The molecule has 0 aliphatic carbocycles. The average molecular weight is 475 g/mol. The smallest absolute Gasteiger partial charge is 0.262 e. The van der Waals surface area contributed by atoms with E-state index in [0.29, 0.717) is 23.5 Å². The minimum absolute atomic E-state index is 0.0603. The molecule has 1 unspecified atom stereocenters. The van der Waals surface area contributed by atoms with Crippen molar-refractivity contribution in [3.8, 4) is 5.75 Å². The van der Waals surface area contributed by atoms with Crippen molar-refractivity contribution in [2.24, 2.45) is 0 Å². The fourth-order valence-electron chi connectivity index (χ4n) is 3.33. The fraction of sp³-hybridized carbons (Fsp3) is 0.391. The molecular weight excluding hydrogens is 448 g/mol. The van der Waals surface area contributed by atoms with Gasteiger partial charge in [0.05, 0.1) is 17.4 Å². The number of para-hydroxylation sites is 1. The van der Waals surface area contributed by atoms with Crippen molar-refractivity contribution in [3.63, 3.8) is 0 Å². The van der Waals surface area contributed by atoms with Crippen molar-refractivity contribution in [1.29, 1.82) is 0 Å². The summed E-state index contributed by atoms with van der Waals surface area (Å²) in [6.07, 6.45) is 2.03. The molecule has 30 heavy (non-hydrogen) atoms. The largest absolute Gasteiger partial charge is 0.483 e. The molecule has 1 heterocycles. The van der Waals surface area contributed by atoms with Gasteiger partial charge >= 0.3 is 0 Å². The number of anilines is 1. The van der Waals surface area contributed by atoms with Crippen molar-refractivity contribution in [3.05, 3.63) is 58.1 Å². The Bertz CT molecular complexity index is 895. The predicted molar refractivity (Wildman–Crippen MR) is 120 cm³/mol. The molecule has 7 heteroatoms. The molecule has 1 saturated heterocycles. The Morgan fingerprint density at radius 2 is 2.03 bits per heavy atom. The molecule has 160 valence electrons. The molecule has 6 nitrogen and oxygen atoms in total. The lowest BCUT2D eigenvalue weighted by molar-refractivity contribution is -0.118. The Kier molecular flexibility index (Phi) is 7.87. The highest BCUT2D eigenvalue weighted by Gasteiger charge is 2.19. The van der Waals surface area contributed by atoms with Gasteiger partial charge in [-0.25, -0.2) is 0 Å². The van der Waals surface area contributed by atoms with Gasteiger partial charge in [-0.05, 0) is 54.7 Å².